The highest BCUT2D eigenvalue weighted by Crippen LogP contribution is 2.37. The third-order valence-corrected chi connectivity index (χ3v) is 7.89. The number of fused-ring (bicyclic) bond motifs is 2. The molecule has 4 aromatic rings. The van der Waals surface area contributed by atoms with Gasteiger partial charge in [0.15, 0.2) is 0 Å². The van der Waals surface area contributed by atoms with Crippen LogP contribution in [0.5, 0.6) is 0 Å². The summed E-state index contributed by atoms with van der Waals surface area (Å²) in [6, 6.07) is 14.9. The van der Waals surface area contributed by atoms with Crippen molar-refractivity contribution in [2.45, 2.75) is 39.5 Å². The molecule has 0 aliphatic carbocycles. The molecule has 0 aliphatic heterocycles. The van der Waals surface area contributed by atoms with Crippen LogP contribution in [-0.4, -0.2) is 37.0 Å². The molecule has 0 saturated carbocycles. The van der Waals surface area contributed by atoms with Crippen molar-refractivity contribution in [1.82, 2.24) is 0 Å². The van der Waals surface area contributed by atoms with Gasteiger partial charge >= 0.3 is 11.9 Å². The summed E-state index contributed by atoms with van der Waals surface area (Å²) in [7, 11) is 0. The lowest BCUT2D eigenvalue weighted by Crippen LogP contribution is -2.15. The van der Waals surface area contributed by atoms with Gasteiger partial charge in [0.2, 0.25) is 11.8 Å². The van der Waals surface area contributed by atoms with Gasteiger partial charge in [-0.15, -0.1) is 22.7 Å². The summed E-state index contributed by atoms with van der Waals surface area (Å²) in [5, 5.41) is 8.09. The van der Waals surface area contributed by atoms with E-state index in [2.05, 4.69) is 10.6 Å². The largest absolute Gasteiger partial charge is 0.462 e. The van der Waals surface area contributed by atoms with Gasteiger partial charge < -0.3 is 20.1 Å². The second-order valence-electron chi connectivity index (χ2n) is 8.35. The predicted octanol–water partition coefficient (Wildman–Crippen LogP) is 6.61. The monoisotopic (exact) mass is 552 g/mol. The summed E-state index contributed by atoms with van der Waals surface area (Å²) in [4.78, 5) is 50.3. The lowest BCUT2D eigenvalue weighted by Gasteiger charge is -2.08. The van der Waals surface area contributed by atoms with E-state index in [1.54, 1.807) is 13.8 Å². The molecule has 4 rings (SSSR count). The van der Waals surface area contributed by atoms with Crippen LogP contribution < -0.4 is 10.6 Å². The molecule has 0 saturated heterocycles. The Hall–Kier alpha value is -3.76. The second kappa shape index (κ2) is 12.7. The van der Waals surface area contributed by atoms with E-state index in [1.165, 1.54) is 22.7 Å². The van der Waals surface area contributed by atoms with Gasteiger partial charge in [-0.25, -0.2) is 9.59 Å². The smallest absolute Gasteiger partial charge is 0.341 e. The van der Waals surface area contributed by atoms with E-state index in [0.29, 0.717) is 34.0 Å². The fourth-order valence-electron chi connectivity index (χ4n) is 4.03. The number of unbranched alkanes of at least 4 members (excludes halogenated alkanes) is 1. The number of hydrogen-bond acceptors (Lipinski definition) is 8. The molecule has 2 aromatic carbocycles. The fourth-order valence-corrected chi connectivity index (χ4v) is 6.24. The third kappa shape index (κ3) is 6.20. The Labute approximate surface area is 227 Å². The van der Waals surface area contributed by atoms with E-state index in [9.17, 15) is 19.2 Å². The molecule has 0 aliphatic rings. The minimum absolute atomic E-state index is 0.195. The minimum atomic E-state index is -0.472. The number of rotatable bonds is 11. The molecule has 0 radical (unpaired) electrons. The quantitative estimate of drug-likeness (QED) is 0.160. The number of nitrogens with one attached hydrogen (secondary N) is 2. The van der Waals surface area contributed by atoms with Crippen molar-refractivity contribution in [3.8, 4) is 0 Å². The van der Waals surface area contributed by atoms with Crippen molar-refractivity contribution in [2.24, 2.45) is 0 Å². The molecule has 2 N–H and O–H groups in total. The summed E-state index contributed by atoms with van der Waals surface area (Å²) in [6.07, 6.45) is 1.35. The Morgan fingerprint density at radius 1 is 0.658 bits per heavy atom. The molecule has 2 amide bonds. The number of carbonyl (C=O) groups is 4. The molecular formula is C28H28N2O6S2. The van der Waals surface area contributed by atoms with Crippen LogP contribution >= 0.6 is 22.7 Å². The van der Waals surface area contributed by atoms with Crippen molar-refractivity contribution < 1.29 is 28.7 Å². The highest BCUT2D eigenvalue weighted by Gasteiger charge is 2.23. The molecule has 10 heteroatoms. The molecule has 198 valence electrons. The van der Waals surface area contributed by atoms with E-state index in [4.69, 9.17) is 9.47 Å². The average molecular weight is 553 g/mol. The standard InChI is InChI=1S/C28H28N2O6S2/c1-3-35-27(33)23-17-11-5-7-13-19(17)37-25(23)29-21(31)15-9-10-16-22(32)30-26-24(28(34)36-4-2)18-12-6-8-14-20(18)38-26/h5-8,11-14H,3-4,9-10,15-16H2,1-2H3,(H,29,31)(H,30,32). The van der Waals surface area contributed by atoms with Crippen LogP contribution in [0.25, 0.3) is 20.2 Å². The second-order valence-corrected chi connectivity index (χ2v) is 10.5. The number of thiophene rings is 2. The Balaban J connectivity index is 1.33. The number of amides is 2. The van der Waals surface area contributed by atoms with Crippen LogP contribution in [0.2, 0.25) is 0 Å². The number of benzene rings is 2. The van der Waals surface area contributed by atoms with Crippen LogP contribution in [-0.2, 0) is 19.1 Å². The molecule has 0 atom stereocenters. The number of esters is 2. The van der Waals surface area contributed by atoms with Crippen LogP contribution in [0.4, 0.5) is 10.0 Å². The zero-order chi connectivity index (χ0) is 27.1. The summed E-state index contributed by atoms with van der Waals surface area (Å²) in [5.41, 5.74) is 0.724. The minimum Gasteiger partial charge on any atom is -0.462 e. The molecule has 2 aromatic heterocycles. The number of ether oxygens (including phenoxy) is 2. The Morgan fingerprint density at radius 3 is 1.45 bits per heavy atom. The van der Waals surface area contributed by atoms with Crippen LogP contribution in [0.3, 0.4) is 0 Å². The molecule has 2 heterocycles. The third-order valence-electron chi connectivity index (χ3n) is 5.71. The summed E-state index contributed by atoms with van der Waals surface area (Å²) >= 11 is 2.65. The van der Waals surface area contributed by atoms with Gasteiger partial charge in [-0.3, -0.25) is 9.59 Å². The zero-order valence-corrected chi connectivity index (χ0v) is 22.8. The predicted molar refractivity (Wildman–Crippen MR) is 151 cm³/mol. The van der Waals surface area contributed by atoms with Crippen LogP contribution in [0.15, 0.2) is 48.5 Å². The zero-order valence-electron chi connectivity index (χ0n) is 21.1. The van der Waals surface area contributed by atoms with Crippen LogP contribution in [0, 0.1) is 0 Å². The maximum atomic E-state index is 12.6. The summed E-state index contributed by atoms with van der Waals surface area (Å²) < 4.78 is 12.1. The van der Waals surface area contributed by atoms with E-state index in [1.807, 2.05) is 48.5 Å². The normalized spacial score (nSPS) is 10.9. The van der Waals surface area contributed by atoms with Crippen molar-refractivity contribution in [3.63, 3.8) is 0 Å². The van der Waals surface area contributed by atoms with Crippen molar-refractivity contribution in [2.75, 3.05) is 23.8 Å². The average Bonchev–Trinajstić information content (AvgIpc) is 3.44. The summed E-state index contributed by atoms with van der Waals surface area (Å²) in [5.74, 6) is -1.42. The Kier molecular flexibility index (Phi) is 9.09. The van der Waals surface area contributed by atoms with Gasteiger partial charge in [0.05, 0.1) is 13.2 Å². The van der Waals surface area contributed by atoms with Gasteiger partial charge in [0, 0.05) is 33.0 Å². The van der Waals surface area contributed by atoms with E-state index in [-0.39, 0.29) is 37.9 Å². The Morgan fingerprint density at radius 2 is 1.05 bits per heavy atom. The summed E-state index contributed by atoms with van der Waals surface area (Å²) in [6.45, 7) is 3.95. The maximum Gasteiger partial charge on any atom is 0.341 e. The fraction of sp³-hybridized carbons (Fsp3) is 0.286. The molecular weight excluding hydrogens is 524 g/mol. The first-order valence-corrected chi connectivity index (χ1v) is 14.0. The lowest BCUT2D eigenvalue weighted by molar-refractivity contribution is -0.118. The molecule has 0 fully saturated rings. The van der Waals surface area contributed by atoms with Crippen molar-refractivity contribution in [1.29, 1.82) is 0 Å². The van der Waals surface area contributed by atoms with E-state index >= 15 is 0 Å². The van der Waals surface area contributed by atoms with E-state index in [0.717, 1.165) is 20.2 Å². The van der Waals surface area contributed by atoms with Gasteiger partial charge in [0.1, 0.15) is 21.1 Å². The van der Waals surface area contributed by atoms with Gasteiger partial charge in [0.25, 0.3) is 0 Å². The first kappa shape index (κ1) is 27.3. The molecule has 38 heavy (non-hydrogen) atoms. The van der Waals surface area contributed by atoms with Crippen molar-refractivity contribution in [3.05, 3.63) is 59.7 Å². The molecule has 0 bridgehead atoms. The van der Waals surface area contributed by atoms with Gasteiger partial charge in [-0.2, -0.15) is 0 Å². The topological polar surface area (TPSA) is 111 Å². The van der Waals surface area contributed by atoms with E-state index < -0.39 is 11.9 Å². The van der Waals surface area contributed by atoms with Gasteiger partial charge in [-0.1, -0.05) is 36.4 Å². The Bertz CT molecular complexity index is 1380. The number of carbonyl (C=O) groups excluding carboxylic acids is 4. The highest BCUT2D eigenvalue weighted by atomic mass is 32.1. The van der Waals surface area contributed by atoms with Crippen molar-refractivity contribution >= 4 is 76.6 Å². The highest BCUT2D eigenvalue weighted by molar-refractivity contribution is 7.23. The SMILES string of the molecule is CCOC(=O)c1c(NC(=O)CCCCC(=O)Nc2sc3ccccc3c2C(=O)OCC)sc2ccccc12. The molecule has 0 spiro atoms. The number of anilines is 2. The first-order chi connectivity index (χ1) is 18.4. The molecule has 8 nitrogen and oxygen atoms in total. The van der Waals surface area contributed by atoms with Crippen LogP contribution in [0.1, 0.15) is 60.2 Å². The maximum absolute atomic E-state index is 12.6. The molecule has 0 unspecified atom stereocenters. The van der Waals surface area contributed by atoms with Gasteiger partial charge in [-0.05, 0) is 38.8 Å². The number of hydrogen-bond donors (Lipinski definition) is 2. The lowest BCUT2D eigenvalue weighted by atomic mass is 10.1. The first-order valence-electron chi connectivity index (χ1n) is 12.4.